The van der Waals surface area contributed by atoms with Crippen LogP contribution in [-0.2, 0) is 16.8 Å². The molecule has 180 valence electrons. The second-order valence-corrected chi connectivity index (χ2v) is 9.77. The number of carbonyl (C=O) groups is 2. The van der Waals surface area contributed by atoms with E-state index >= 15 is 0 Å². The second-order valence-electron chi connectivity index (χ2n) is 9.77. The van der Waals surface area contributed by atoms with Gasteiger partial charge in [0.25, 0.3) is 5.91 Å². The van der Waals surface area contributed by atoms with Crippen LogP contribution in [0.5, 0.6) is 0 Å². The molecule has 1 aliphatic heterocycles. The molecule has 2 aromatic heterocycles. The third-order valence-corrected chi connectivity index (χ3v) is 7.19. The van der Waals surface area contributed by atoms with E-state index < -0.39 is 11.4 Å². The van der Waals surface area contributed by atoms with E-state index in [-0.39, 0.29) is 11.9 Å². The van der Waals surface area contributed by atoms with Crippen molar-refractivity contribution in [1.29, 1.82) is 0 Å². The number of rotatable bonds is 6. The maximum absolute atomic E-state index is 13.5. The predicted octanol–water partition coefficient (Wildman–Crippen LogP) is 4.86. The first-order valence-electron chi connectivity index (χ1n) is 12.0. The van der Waals surface area contributed by atoms with Crippen molar-refractivity contribution in [3.63, 3.8) is 0 Å². The van der Waals surface area contributed by atoms with E-state index in [4.69, 9.17) is 4.98 Å². The lowest BCUT2D eigenvalue weighted by atomic mass is 9.92. The molecule has 0 atom stereocenters. The highest BCUT2D eigenvalue weighted by Gasteiger charge is 2.51. The highest BCUT2D eigenvalue weighted by molar-refractivity contribution is 6.10. The molecule has 1 N–H and O–H groups in total. The molecular weight excluding hydrogens is 454 g/mol. The molecule has 3 heterocycles. The molecule has 0 spiro atoms. The molecule has 1 saturated carbocycles. The number of nitrogens with zero attached hydrogens (tertiary/aromatic N) is 5. The van der Waals surface area contributed by atoms with Gasteiger partial charge in [-0.15, -0.1) is 10.2 Å². The van der Waals surface area contributed by atoms with Crippen LogP contribution in [0.1, 0.15) is 54.2 Å². The van der Waals surface area contributed by atoms with Gasteiger partial charge in [0.2, 0.25) is 0 Å². The van der Waals surface area contributed by atoms with Crippen molar-refractivity contribution in [2.75, 3.05) is 4.90 Å². The molecule has 0 unspecified atom stereocenters. The van der Waals surface area contributed by atoms with E-state index in [0.29, 0.717) is 42.3 Å². The van der Waals surface area contributed by atoms with Gasteiger partial charge >= 0.3 is 5.97 Å². The molecule has 0 saturated heterocycles. The summed E-state index contributed by atoms with van der Waals surface area (Å²) in [6.07, 6.45) is 3.00. The van der Waals surface area contributed by atoms with Crippen molar-refractivity contribution in [2.24, 2.45) is 0 Å². The maximum atomic E-state index is 13.5. The summed E-state index contributed by atoms with van der Waals surface area (Å²) in [5, 5.41) is 17.9. The zero-order chi connectivity index (χ0) is 25.0. The van der Waals surface area contributed by atoms with Crippen LogP contribution in [0.2, 0.25) is 0 Å². The number of aliphatic carboxylic acids is 1. The fraction of sp³-hybridized carbons (Fsp3) is 0.250. The Morgan fingerprint density at radius 1 is 1.03 bits per heavy atom. The number of benzene rings is 2. The number of carboxylic acid groups (broad SMARTS) is 1. The molecule has 4 aromatic rings. The van der Waals surface area contributed by atoms with Gasteiger partial charge in [0.1, 0.15) is 17.8 Å². The minimum absolute atomic E-state index is 0.109. The summed E-state index contributed by atoms with van der Waals surface area (Å²) in [7, 11) is 0. The van der Waals surface area contributed by atoms with Crippen molar-refractivity contribution in [3.8, 4) is 22.6 Å². The summed E-state index contributed by atoms with van der Waals surface area (Å²) < 4.78 is 1.95. The van der Waals surface area contributed by atoms with Crippen molar-refractivity contribution in [1.82, 2.24) is 19.7 Å². The summed E-state index contributed by atoms with van der Waals surface area (Å²) in [5.41, 5.74) is 4.07. The standard InChI is InChI=1S/C28H25N5O3/c1-17(2)33-16-29-31-25(33)23-7-4-8-24(30-23)32-15-20-10-9-19(14-22(20)26(32)34)18-5-3-6-21(13-18)28(11-12-28)27(35)36/h3-10,13-14,16-17H,11-12,15H2,1-2H3,(H,35,36). The van der Waals surface area contributed by atoms with E-state index in [1.807, 2.05) is 65.2 Å². The Kier molecular flexibility index (Phi) is 5.00. The van der Waals surface area contributed by atoms with Gasteiger partial charge in [-0.25, -0.2) is 4.98 Å². The number of pyridine rings is 1. The number of fused-ring (bicyclic) bond motifs is 1. The lowest BCUT2D eigenvalue weighted by Gasteiger charge is -2.16. The Hall–Kier alpha value is -4.33. The number of amides is 1. The third kappa shape index (κ3) is 3.48. The Morgan fingerprint density at radius 3 is 2.56 bits per heavy atom. The fourth-order valence-electron chi connectivity index (χ4n) is 4.92. The first-order valence-corrected chi connectivity index (χ1v) is 12.0. The molecule has 8 heteroatoms. The molecule has 0 radical (unpaired) electrons. The monoisotopic (exact) mass is 479 g/mol. The summed E-state index contributed by atoms with van der Waals surface area (Å²) in [6, 6.07) is 19.3. The van der Waals surface area contributed by atoms with Gasteiger partial charge in [-0.2, -0.15) is 0 Å². The Balaban J connectivity index is 1.31. The second kappa shape index (κ2) is 8.12. The van der Waals surface area contributed by atoms with Gasteiger partial charge in [-0.05, 0) is 67.1 Å². The number of anilines is 1. The van der Waals surface area contributed by atoms with E-state index in [1.165, 1.54) is 0 Å². The van der Waals surface area contributed by atoms with Crippen LogP contribution in [0.25, 0.3) is 22.6 Å². The molecule has 2 aromatic carbocycles. The molecule has 1 amide bonds. The number of carbonyl (C=O) groups excluding carboxylic acids is 1. The normalized spacial score (nSPS) is 15.9. The van der Waals surface area contributed by atoms with Gasteiger partial charge in [0, 0.05) is 11.6 Å². The van der Waals surface area contributed by atoms with Crippen LogP contribution in [0.3, 0.4) is 0 Å². The van der Waals surface area contributed by atoms with Gasteiger partial charge in [0.15, 0.2) is 5.82 Å². The van der Waals surface area contributed by atoms with Crippen LogP contribution in [0, 0.1) is 0 Å². The van der Waals surface area contributed by atoms with Crippen LogP contribution in [0.4, 0.5) is 5.82 Å². The average molecular weight is 480 g/mol. The quantitative estimate of drug-likeness (QED) is 0.424. The van der Waals surface area contributed by atoms with Crippen molar-refractivity contribution >= 4 is 17.7 Å². The van der Waals surface area contributed by atoms with E-state index in [1.54, 1.807) is 11.2 Å². The largest absolute Gasteiger partial charge is 0.481 e. The Bertz CT molecular complexity index is 1520. The smallest absolute Gasteiger partial charge is 0.314 e. The van der Waals surface area contributed by atoms with Crippen molar-refractivity contribution < 1.29 is 14.7 Å². The molecular formula is C28H25N5O3. The lowest BCUT2D eigenvalue weighted by Crippen LogP contribution is -2.24. The van der Waals surface area contributed by atoms with Gasteiger partial charge in [0.05, 0.1) is 12.0 Å². The average Bonchev–Trinajstić information content (AvgIpc) is 3.44. The molecule has 1 fully saturated rings. The zero-order valence-electron chi connectivity index (χ0n) is 20.0. The van der Waals surface area contributed by atoms with Crippen LogP contribution in [-0.4, -0.2) is 36.7 Å². The first kappa shape index (κ1) is 22.2. The number of aromatic nitrogens is 4. The first-order chi connectivity index (χ1) is 17.4. The summed E-state index contributed by atoms with van der Waals surface area (Å²) >= 11 is 0. The van der Waals surface area contributed by atoms with Gasteiger partial charge in [-0.3, -0.25) is 14.5 Å². The minimum atomic E-state index is -0.777. The van der Waals surface area contributed by atoms with Crippen LogP contribution < -0.4 is 4.90 Å². The van der Waals surface area contributed by atoms with Gasteiger partial charge in [-0.1, -0.05) is 42.5 Å². The SMILES string of the molecule is CC(C)n1cnnc1-c1cccc(N2Cc3ccc(-c4cccc(C5(C(=O)O)CC5)c4)cc3C2=O)n1. The third-order valence-electron chi connectivity index (χ3n) is 7.19. The van der Waals surface area contributed by atoms with E-state index in [2.05, 4.69) is 24.0 Å². The Labute approximate surface area is 208 Å². The predicted molar refractivity (Wildman–Crippen MR) is 135 cm³/mol. The molecule has 6 rings (SSSR count). The highest BCUT2D eigenvalue weighted by Crippen LogP contribution is 2.49. The van der Waals surface area contributed by atoms with E-state index in [9.17, 15) is 14.7 Å². The topological polar surface area (TPSA) is 101 Å². The van der Waals surface area contributed by atoms with Crippen LogP contribution >= 0.6 is 0 Å². The minimum Gasteiger partial charge on any atom is -0.481 e. The zero-order valence-corrected chi connectivity index (χ0v) is 20.0. The maximum Gasteiger partial charge on any atom is 0.314 e. The lowest BCUT2D eigenvalue weighted by molar-refractivity contribution is -0.140. The number of carboxylic acids is 1. The summed E-state index contributed by atoms with van der Waals surface area (Å²) in [4.78, 5) is 31.7. The highest BCUT2D eigenvalue weighted by atomic mass is 16.4. The van der Waals surface area contributed by atoms with E-state index in [0.717, 1.165) is 22.3 Å². The van der Waals surface area contributed by atoms with Crippen LogP contribution in [0.15, 0.2) is 67.0 Å². The Morgan fingerprint density at radius 2 is 1.81 bits per heavy atom. The molecule has 36 heavy (non-hydrogen) atoms. The number of hydrogen-bond donors (Lipinski definition) is 1. The number of hydrogen-bond acceptors (Lipinski definition) is 5. The van der Waals surface area contributed by atoms with Crippen molar-refractivity contribution in [3.05, 3.63) is 83.7 Å². The molecule has 0 bridgehead atoms. The summed E-state index contributed by atoms with van der Waals surface area (Å²) in [6.45, 7) is 4.54. The molecule has 1 aliphatic carbocycles. The molecule has 8 nitrogen and oxygen atoms in total. The van der Waals surface area contributed by atoms with Crippen molar-refractivity contribution in [2.45, 2.75) is 44.7 Å². The fourth-order valence-corrected chi connectivity index (χ4v) is 4.92. The molecule has 2 aliphatic rings. The van der Waals surface area contributed by atoms with Gasteiger partial charge < -0.3 is 9.67 Å². The summed E-state index contributed by atoms with van der Waals surface area (Å²) in [5.74, 6) is 0.337.